The van der Waals surface area contributed by atoms with Crippen LogP contribution in [0.2, 0.25) is 5.02 Å². The Morgan fingerprint density at radius 2 is 2.00 bits per heavy atom. The lowest BCUT2D eigenvalue weighted by Gasteiger charge is -2.10. The summed E-state index contributed by atoms with van der Waals surface area (Å²) in [7, 11) is 1.51. The van der Waals surface area contributed by atoms with E-state index in [1.165, 1.54) is 0 Å². The number of hydrogen-bond donors (Lipinski definition) is 0. The van der Waals surface area contributed by atoms with Gasteiger partial charge in [0.2, 0.25) is 0 Å². The van der Waals surface area contributed by atoms with Gasteiger partial charge in [-0.2, -0.15) is 0 Å². The molecular weight excluding hydrogens is 331 g/mol. The van der Waals surface area contributed by atoms with Crippen molar-refractivity contribution in [2.45, 2.75) is 19.8 Å². The van der Waals surface area contributed by atoms with Gasteiger partial charge in [0, 0.05) is 0 Å². The fourth-order valence-corrected chi connectivity index (χ4v) is 3.30. The molecule has 0 aliphatic carbocycles. The van der Waals surface area contributed by atoms with Gasteiger partial charge in [-0.05, 0) is 50.6 Å². The van der Waals surface area contributed by atoms with Crippen LogP contribution < -0.4 is 14.8 Å². The molecule has 2 aromatic carbocycles. The number of hydrogen-bond acceptors (Lipinski definition) is 3. The first kappa shape index (κ1) is 17.8. The molecule has 0 saturated carbocycles. The molecule has 23 heavy (non-hydrogen) atoms. The van der Waals surface area contributed by atoms with Crippen molar-refractivity contribution >= 4 is 31.0 Å². The lowest BCUT2D eigenvalue weighted by atomic mass is 10.2. The number of para-hydroxylation sites is 1. The molecule has 1 atom stereocenters. The fourth-order valence-electron chi connectivity index (χ4n) is 2.04. The molecule has 0 amide bonds. The summed E-state index contributed by atoms with van der Waals surface area (Å²) in [6, 6.07) is 12.7. The highest BCUT2D eigenvalue weighted by atomic mass is 35.5. The van der Waals surface area contributed by atoms with Crippen LogP contribution in [0.3, 0.4) is 0 Å². The van der Waals surface area contributed by atoms with E-state index in [0.717, 1.165) is 23.9 Å². The summed E-state index contributed by atoms with van der Waals surface area (Å²) in [6.07, 6.45) is 2.09. The molecule has 0 bridgehead atoms. The predicted molar refractivity (Wildman–Crippen MR) is 97.1 cm³/mol. The molecule has 0 aromatic heterocycles. The third-order valence-corrected chi connectivity index (χ3v) is 4.98. The van der Waals surface area contributed by atoms with Crippen LogP contribution in [0, 0.1) is 0 Å². The molecule has 122 valence electrons. The number of ether oxygens (including phenoxy) is 2. The molecule has 1 unspecified atom stereocenters. The van der Waals surface area contributed by atoms with Crippen LogP contribution in [0.25, 0.3) is 0 Å². The second kappa shape index (κ2) is 8.90. The summed E-state index contributed by atoms with van der Waals surface area (Å²) < 4.78 is 10.9. The maximum absolute atomic E-state index is 12.5. The van der Waals surface area contributed by atoms with Crippen LogP contribution in [0.5, 0.6) is 11.5 Å². The first-order valence-corrected chi connectivity index (χ1v) is 8.90. The lowest BCUT2D eigenvalue weighted by molar-refractivity contribution is 0.108. The SMILES string of the molecule is CCCCOc1ccc(PC(=O)c2ccccc2OC)c(Cl)c1. The van der Waals surface area contributed by atoms with Crippen LogP contribution in [-0.2, 0) is 0 Å². The van der Waals surface area contributed by atoms with E-state index in [0.29, 0.717) is 22.9 Å². The van der Waals surface area contributed by atoms with Crippen LogP contribution in [0.4, 0.5) is 0 Å². The van der Waals surface area contributed by atoms with Crippen molar-refractivity contribution in [1.29, 1.82) is 0 Å². The topological polar surface area (TPSA) is 35.5 Å². The Balaban J connectivity index is 2.09. The summed E-state index contributed by atoms with van der Waals surface area (Å²) in [5.74, 6) is 1.32. The zero-order chi connectivity index (χ0) is 16.7. The van der Waals surface area contributed by atoms with E-state index in [9.17, 15) is 4.79 Å². The van der Waals surface area contributed by atoms with Crippen LogP contribution in [-0.4, -0.2) is 19.2 Å². The first-order valence-electron chi connectivity index (χ1n) is 7.52. The molecule has 0 heterocycles. The smallest absolute Gasteiger partial charge is 0.189 e. The van der Waals surface area contributed by atoms with Gasteiger partial charge in [0.15, 0.2) is 5.52 Å². The molecule has 0 N–H and O–H groups in total. The van der Waals surface area contributed by atoms with E-state index in [1.54, 1.807) is 25.3 Å². The quantitative estimate of drug-likeness (QED) is 0.512. The van der Waals surface area contributed by atoms with E-state index >= 15 is 0 Å². The van der Waals surface area contributed by atoms with Gasteiger partial charge in [-0.3, -0.25) is 4.79 Å². The largest absolute Gasteiger partial charge is 0.496 e. The minimum absolute atomic E-state index is 0.00370. The molecule has 0 saturated heterocycles. The van der Waals surface area contributed by atoms with Crippen molar-refractivity contribution in [3.8, 4) is 11.5 Å². The molecular formula is C18H20ClO3P. The van der Waals surface area contributed by atoms with E-state index in [2.05, 4.69) is 6.92 Å². The molecule has 0 aliphatic rings. The van der Waals surface area contributed by atoms with Gasteiger partial charge in [-0.15, -0.1) is 0 Å². The number of rotatable bonds is 8. The third kappa shape index (κ3) is 4.95. The zero-order valence-electron chi connectivity index (χ0n) is 13.3. The monoisotopic (exact) mass is 350 g/mol. The molecule has 2 rings (SSSR count). The van der Waals surface area contributed by atoms with E-state index < -0.39 is 0 Å². The Hall–Kier alpha value is -1.57. The lowest BCUT2D eigenvalue weighted by Crippen LogP contribution is -2.05. The number of carbonyl (C=O) groups excluding carboxylic acids is 1. The summed E-state index contributed by atoms with van der Waals surface area (Å²) >= 11 is 6.29. The summed E-state index contributed by atoms with van der Waals surface area (Å²) in [4.78, 5) is 12.5. The Morgan fingerprint density at radius 3 is 2.70 bits per heavy atom. The van der Waals surface area contributed by atoms with E-state index in [-0.39, 0.29) is 14.1 Å². The molecule has 0 fully saturated rings. The average molecular weight is 351 g/mol. The van der Waals surface area contributed by atoms with Crippen molar-refractivity contribution < 1.29 is 14.3 Å². The van der Waals surface area contributed by atoms with Crippen molar-refractivity contribution in [3.05, 3.63) is 53.1 Å². The standard InChI is InChI=1S/C18H20ClO3P/c1-3-4-11-22-13-9-10-17(15(19)12-13)23-18(20)14-7-5-6-8-16(14)21-2/h5-10,12,23H,3-4,11H2,1-2H3. The molecule has 0 spiro atoms. The highest BCUT2D eigenvalue weighted by Gasteiger charge is 2.14. The van der Waals surface area contributed by atoms with Crippen molar-refractivity contribution in [1.82, 2.24) is 0 Å². The second-order valence-electron chi connectivity index (χ2n) is 5.00. The number of halogens is 1. The van der Waals surface area contributed by atoms with Gasteiger partial charge in [-0.25, -0.2) is 0 Å². The normalized spacial score (nSPS) is 10.9. The molecule has 5 heteroatoms. The van der Waals surface area contributed by atoms with Crippen molar-refractivity contribution in [2.24, 2.45) is 0 Å². The average Bonchev–Trinajstić information content (AvgIpc) is 2.57. The van der Waals surface area contributed by atoms with Crippen LogP contribution in [0.15, 0.2) is 42.5 Å². The zero-order valence-corrected chi connectivity index (χ0v) is 15.0. The number of carbonyl (C=O) groups is 1. The number of methoxy groups -OCH3 is 1. The molecule has 0 radical (unpaired) electrons. The minimum atomic E-state index is -0.0537. The van der Waals surface area contributed by atoms with E-state index in [1.807, 2.05) is 24.3 Å². The Kier molecular flexibility index (Phi) is 6.88. The fraction of sp³-hybridized carbons (Fsp3) is 0.278. The van der Waals surface area contributed by atoms with Gasteiger partial charge in [0.25, 0.3) is 0 Å². The van der Waals surface area contributed by atoms with Crippen molar-refractivity contribution in [2.75, 3.05) is 13.7 Å². The highest BCUT2D eigenvalue weighted by molar-refractivity contribution is 7.66. The van der Waals surface area contributed by atoms with E-state index in [4.69, 9.17) is 21.1 Å². The van der Waals surface area contributed by atoms with Gasteiger partial charge >= 0.3 is 0 Å². The first-order chi connectivity index (χ1) is 11.2. The van der Waals surface area contributed by atoms with Crippen LogP contribution in [0.1, 0.15) is 30.1 Å². The minimum Gasteiger partial charge on any atom is -0.496 e. The van der Waals surface area contributed by atoms with Gasteiger partial charge in [0.1, 0.15) is 11.5 Å². The highest BCUT2D eigenvalue weighted by Crippen LogP contribution is 2.29. The summed E-state index contributed by atoms with van der Waals surface area (Å²) in [6.45, 7) is 2.79. The Labute approximate surface area is 143 Å². The second-order valence-corrected chi connectivity index (χ2v) is 6.65. The van der Waals surface area contributed by atoms with Crippen molar-refractivity contribution in [3.63, 3.8) is 0 Å². The Morgan fingerprint density at radius 1 is 1.22 bits per heavy atom. The maximum Gasteiger partial charge on any atom is 0.189 e. The predicted octanol–water partition coefficient (Wildman–Crippen LogP) is 4.67. The van der Waals surface area contributed by atoms with Gasteiger partial charge in [0.05, 0.1) is 24.3 Å². The summed E-state index contributed by atoms with van der Waals surface area (Å²) in [5.41, 5.74) is 0.580. The summed E-state index contributed by atoms with van der Waals surface area (Å²) in [5, 5.41) is 1.37. The number of unbranched alkanes of at least 4 members (excludes halogenated alkanes) is 1. The van der Waals surface area contributed by atoms with Gasteiger partial charge in [-0.1, -0.05) is 37.1 Å². The number of benzene rings is 2. The maximum atomic E-state index is 12.5. The van der Waals surface area contributed by atoms with Crippen LogP contribution >= 0.6 is 20.2 Å². The third-order valence-electron chi connectivity index (χ3n) is 3.31. The molecule has 0 aliphatic heterocycles. The molecule has 2 aromatic rings. The van der Waals surface area contributed by atoms with Gasteiger partial charge < -0.3 is 9.47 Å². The Bertz CT molecular complexity index is 673. The molecule has 3 nitrogen and oxygen atoms in total.